The van der Waals surface area contributed by atoms with Crippen LogP contribution in [0.1, 0.15) is 100 Å². The Kier molecular flexibility index (Phi) is 16.8. The van der Waals surface area contributed by atoms with Crippen LogP contribution in [0.5, 0.6) is 0 Å². The molecule has 0 saturated carbocycles. The number of thioether (sulfide) groups is 2. The molecule has 8 N–H and O–H groups in total. The SMILES string of the molecule is COC(=O)c1cc(NC(=O)CCCCNC(=O)CCCC[C@@H]2SC[C@@H]3NC(=O)N[C@@H]32)cc(NC(=O)CCCCNC(=O)CCCC[C@@H]2SC[C@@H]3NC(=O)N[C@@H]32)c1. The van der Waals surface area contributed by atoms with E-state index in [-0.39, 0.29) is 78.3 Å². The zero-order chi connectivity index (χ0) is 39.9. The molecule has 0 bridgehead atoms. The number of amides is 8. The Morgan fingerprint density at radius 1 is 0.607 bits per heavy atom. The summed E-state index contributed by atoms with van der Waals surface area (Å²) < 4.78 is 4.86. The number of hydrogen-bond acceptors (Lipinski definition) is 10. The molecule has 0 aliphatic carbocycles. The van der Waals surface area contributed by atoms with Gasteiger partial charge in [-0.1, -0.05) is 12.8 Å². The molecule has 4 aliphatic rings. The number of esters is 1. The number of rotatable bonds is 23. The number of benzene rings is 1. The summed E-state index contributed by atoms with van der Waals surface area (Å²) in [7, 11) is 1.25. The van der Waals surface area contributed by atoms with Gasteiger partial charge in [-0.15, -0.1) is 0 Å². The van der Waals surface area contributed by atoms with E-state index in [1.54, 1.807) is 6.07 Å². The molecular formula is C38H56N8O8S2. The van der Waals surface area contributed by atoms with Crippen molar-refractivity contribution in [2.24, 2.45) is 0 Å². The fourth-order valence-corrected chi connectivity index (χ4v) is 10.5. The van der Waals surface area contributed by atoms with Gasteiger partial charge < -0.3 is 47.3 Å². The van der Waals surface area contributed by atoms with E-state index in [9.17, 15) is 33.6 Å². The normalized spacial score (nSPS) is 23.2. The van der Waals surface area contributed by atoms with Crippen molar-refractivity contribution in [3.63, 3.8) is 0 Å². The minimum Gasteiger partial charge on any atom is -0.465 e. The number of carbonyl (C=O) groups excluding carboxylic acids is 7. The Labute approximate surface area is 336 Å². The molecule has 16 nitrogen and oxygen atoms in total. The number of carbonyl (C=O) groups is 7. The maximum absolute atomic E-state index is 12.7. The highest BCUT2D eigenvalue weighted by molar-refractivity contribution is 8.00. The summed E-state index contributed by atoms with van der Waals surface area (Å²) in [5.41, 5.74) is 0.861. The average molecular weight is 817 g/mol. The van der Waals surface area contributed by atoms with E-state index in [4.69, 9.17) is 4.74 Å². The third-order valence-electron chi connectivity index (χ3n) is 10.4. The van der Waals surface area contributed by atoms with Gasteiger partial charge in [0.25, 0.3) is 0 Å². The molecule has 308 valence electrons. The number of nitrogens with one attached hydrogen (secondary N) is 8. The second-order valence-electron chi connectivity index (χ2n) is 14.7. The van der Waals surface area contributed by atoms with Crippen LogP contribution in [0, 0.1) is 0 Å². The van der Waals surface area contributed by atoms with Crippen LogP contribution in [0.3, 0.4) is 0 Å². The zero-order valence-corrected chi connectivity index (χ0v) is 33.6. The topological polar surface area (TPSA) is 225 Å². The molecule has 0 spiro atoms. The molecule has 4 heterocycles. The first kappa shape index (κ1) is 42.9. The van der Waals surface area contributed by atoms with Gasteiger partial charge in [0.15, 0.2) is 0 Å². The van der Waals surface area contributed by atoms with Gasteiger partial charge in [-0.2, -0.15) is 23.5 Å². The van der Waals surface area contributed by atoms with E-state index < -0.39 is 5.97 Å². The lowest BCUT2D eigenvalue weighted by Crippen LogP contribution is -2.36. The first-order valence-corrected chi connectivity index (χ1v) is 21.9. The minimum absolute atomic E-state index is 0.0153. The molecule has 0 aromatic heterocycles. The Bertz CT molecular complexity index is 1480. The van der Waals surface area contributed by atoms with Gasteiger partial charge in [-0.05, 0) is 69.6 Å². The quantitative estimate of drug-likeness (QED) is 0.0457. The highest BCUT2D eigenvalue weighted by Gasteiger charge is 2.43. The third-order valence-corrected chi connectivity index (χ3v) is 13.4. The summed E-state index contributed by atoms with van der Waals surface area (Å²) in [5.74, 6) is 0.673. The maximum atomic E-state index is 12.7. The van der Waals surface area contributed by atoms with Gasteiger partial charge in [0.05, 0.1) is 36.8 Å². The number of fused-ring (bicyclic) bond motifs is 2. The lowest BCUT2D eigenvalue weighted by molar-refractivity contribution is -0.122. The predicted octanol–water partition coefficient (Wildman–Crippen LogP) is 3.37. The Morgan fingerprint density at radius 2 is 1.04 bits per heavy atom. The van der Waals surface area contributed by atoms with Crippen molar-refractivity contribution in [2.45, 2.75) is 125 Å². The largest absolute Gasteiger partial charge is 0.465 e. The molecule has 6 atom stereocenters. The van der Waals surface area contributed by atoms with E-state index in [2.05, 4.69) is 42.5 Å². The number of methoxy groups -OCH3 is 1. The molecule has 56 heavy (non-hydrogen) atoms. The van der Waals surface area contributed by atoms with E-state index >= 15 is 0 Å². The molecule has 0 radical (unpaired) electrons. The fourth-order valence-electron chi connectivity index (χ4n) is 7.46. The van der Waals surface area contributed by atoms with Crippen molar-refractivity contribution in [2.75, 3.05) is 42.3 Å². The summed E-state index contributed by atoms with van der Waals surface area (Å²) in [4.78, 5) is 85.4. The van der Waals surface area contributed by atoms with Crippen LogP contribution in [0.25, 0.3) is 0 Å². The van der Waals surface area contributed by atoms with Crippen LogP contribution in [0.15, 0.2) is 18.2 Å². The molecular weight excluding hydrogens is 761 g/mol. The third kappa shape index (κ3) is 13.5. The highest BCUT2D eigenvalue weighted by Crippen LogP contribution is 2.34. The molecule has 4 fully saturated rings. The Morgan fingerprint density at radius 3 is 1.48 bits per heavy atom. The van der Waals surface area contributed by atoms with Crippen LogP contribution >= 0.6 is 23.5 Å². The summed E-state index contributed by atoms with van der Waals surface area (Å²) in [5, 5.41) is 24.0. The summed E-state index contributed by atoms with van der Waals surface area (Å²) in [6.07, 6.45) is 8.97. The van der Waals surface area contributed by atoms with Crippen LogP contribution in [0.2, 0.25) is 0 Å². The lowest BCUT2D eigenvalue weighted by Gasteiger charge is -2.16. The molecule has 4 aliphatic heterocycles. The number of urea groups is 2. The van der Waals surface area contributed by atoms with Gasteiger partial charge >= 0.3 is 18.0 Å². The van der Waals surface area contributed by atoms with Crippen LogP contribution < -0.4 is 42.5 Å². The summed E-state index contributed by atoms with van der Waals surface area (Å²) >= 11 is 3.74. The monoisotopic (exact) mass is 816 g/mol. The van der Waals surface area contributed by atoms with E-state index in [1.165, 1.54) is 19.2 Å². The van der Waals surface area contributed by atoms with Crippen molar-refractivity contribution in [1.82, 2.24) is 31.9 Å². The first-order valence-electron chi connectivity index (χ1n) is 19.8. The Hall–Kier alpha value is -4.19. The van der Waals surface area contributed by atoms with Gasteiger partial charge in [-0.3, -0.25) is 19.2 Å². The van der Waals surface area contributed by atoms with Crippen molar-refractivity contribution < 1.29 is 38.3 Å². The molecule has 0 unspecified atom stereocenters. The number of ether oxygens (including phenoxy) is 1. The molecule has 5 rings (SSSR count). The van der Waals surface area contributed by atoms with Crippen LogP contribution in [-0.2, 0) is 23.9 Å². The van der Waals surface area contributed by atoms with E-state index in [0.29, 0.717) is 73.5 Å². The lowest BCUT2D eigenvalue weighted by atomic mass is 10.0. The van der Waals surface area contributed by atoms with Crippen LogP contribution in [-0.4, -0.2) is 108 Å². The van der Waals surface area contributed by atoms with Gasteiger partial charge in [0, 0.05) is 72.2 Å². The van der Waals surface area contributed by atoms with Crippen molar-refractivity contribution in [3.05, 3.63) is 23.8 Å². The highest BCUT2D eigenvalue weighted by atomic mass is 32.2. The Balaban J connectivity index is 0.902. The molecule has 18 heteroatoms. The zero-order valence-electron chi connectivity index (χ0n) is 32.0. The smallest absolute Gasteiger partial charge is 0.337 e. The second kappa shape index (κ2) is 21.9. The van der Waals surface area contributed by atoms with Crippen molar-refractivity contribution >= 4 is 76.6 Å². The predicted molar refractivity (Wildman–Crippen MR) is 217 cm³/mol. The number of hydrogen-bond donors (Lipinski definition) is 8. The molecule has 4 saturated heterocycles. The van der Waals surface area contributed by atoms with Gasteiger partial charge in [-0.25, -0.2) is 14.4 Å². The fraction of sp³-hybridized carbons (Fsp3) is 0.658. The van der Waals surface area contributed by atoms with Crippen molar-refractivity contribution in [1.29, 1.82) is 0 Å². The van der Waals surface area contributed by atoms with Gasteiger partial charge in [0.1, 0.15) is 0 Å². The second-order valence-corrected chi connectivity index (χ2v) is 17.3. The van der Waals surface area contributed by atoms with Crippen molar-refractivity contribution in [3.8, 4) is 0 Å². The van der Waals surface area contributed by atoms with E-state index in [1.807, 2.05) is 23.5 Å². The standard InChI is InChI=1S/C38H56N8O8S2/c1-54-36(51)23-18-24(41-32(49)14-6-8-16-39-30(47)12-4-2-10-28-34-26(21-55-28)43-37(52)45-34)20-25(19-23)42-33(50)15-7-9-17-40-31(48)13-5-3-11-29-35-27(22-56-29)44-38(53)46-35/h18-20,26-29,34-35H,2-17,21-22H2,1H3,(H,39,47)(H,40,48)(H,41,49)(H,42,50)(H2,43,45,52)(H2,44,46,53)/t26-,27-,28-,29-,34-,35-/m0/s1. The van der Waals surface area contributed by atoms with Crippen LogP contribution in [0.4, 0.5) is 21.0 Å². The van der Waals surface area contributed by atoms with E-state index in [0.717, 1.165) is 50.0 Å². The summed E-state index contributed by atoms with van der Waals surface area (Å²) in [6, 6.07) is 5.13. The average Bonchev–Trinajstić information content (AvgIpc) is 3.93. The molecule has 1 aromatic rings. The van der Waals surface area contributed by atoms with Gasteiger partial charge in [0.2, 0.25) is 23.6 Å². The minimum atomic E-state index is -0.612. The molecule has 1 aromatic carbocycles. The summed E-state index contributed by atoms with van der Waals surface area (Å²) in [6.45, 7) is 0.934. The number of unbranched alkanes of at least 4 members (excludes halogenated alkanes) is 4. The maximum Gasteiger partial charge on any atom is 0.337 e. The molecule has 8 amide bonds. The first-order chi connectivity index (χ1) is 27.1. The number of anilines is 2.